The van der Waals surface area contributed by atoms with Gasteiger partial charge >= 0.3 is 6.61 Å². The average molecular weight is 385 g/mol. The molecule has 2 aliphatic rings. The zero-order valence-corrected chi connectivity index (χ0v) is 15.5. The smallest absolute Gasteiger partial charge is 0.387 e. The molecule has 9 heteroatoms. The van der Waals surface area contributed by atoms with Gasteiger partial charge in [0.15, 0.2) is 11.5 Å². The second-order valence-corrected chi connectivity index (χ2v) is 6.57. The van der Waals surface area contributed by atoms with Crippen LogP contribution in [0.15, 0.2) is 12.1 Å². The summed E-state index contributed by atoms with van der Waals surface area (Å²) in [6.45, 7) is 2.18. The fraction of sp³-hybridized carbons (Fsp3) is 0.611. The van der Waals surface area contributed by atoms with Crippen LogP contribution in [0.4, 0.5) is 8.78 Å². The molecular formula is C18H25F2N3O4. The number of nitrogens with one attached hydrogen (secondary N) is 1. The van der Waals surface area contributed by atoms with E-state index in [1.165, 1.54) is 26.4 Å². The molecule has 1 aromatic carbocycles. The molecule has 2 aliphatic heterocycles. The van der Waals surface area contributed by atoms with Crippen LogP contribution in [0.5, 0.6) is 17.2 Å². The third-order valence-corrected chi connectivity index (χ3v) is 5.03. The highest BCUT2D eigenvalue weighted by Crippen LogP contribution is 2.40. The first-order valence-corrected chi connectivity index (χ1v) is 8.98. The van der Waals surface area contributed by atoms with Crippen molar-refractivity contribution in [2.24, 2.45) is 0 Å². The molecule has 0 spiro atoms. The van der Waals surface area contributed by atoms with Gasteiger partial charge in [-0.05, 0) is 18.6 Å². The van der Waals surface area contributed by atoms with Gasteiger partial charge in [-0.15, -0.1) is 0 Å². The molecule has 2 saturated heterocycles. The van der Waals surface area contributed by atoms with Crippen molar-refractivity contribution >= 4 is 5.91 Å². The van der Waals surface area contributed by atoms with E-state index in [0.717, 1.165) is 32.6 Å². The van der Waals surface area contributed by atoms with E-state index in [0.29, 0.717) is 24.7 Å². The Bertz CT molecular complexity index is 643. The van der Waals surface area contributed by atoms with Gasteiger partial charge in [-0.2, -0.15) is 8.78 Å². The van der Waals surface area contributed by atoms with Crippen LogP contribution in [0.25, 0.3) is 0 Å². The van der Waals surface area contributed by atoms with Crippen molar-refractivity contribution in [2.75, 3.05) is 53.5 Å². The summed E-state index contributed by atoms with van der Waals surface area (Å²) in [6, 6.07) is 3.18. The quantitative estimate of drug-likeness (QED) is 0.799. The summed E-state index contributed by atoms with van der Waals surface area (Å²) in [7, 11) is 2.66. The number of likely N-dealkylation sites (tertiary alicyclic amines) is 1. The van der Waals surface area contributed by atoms with Crippen molar-refractivity contribution in [1.29, 1.82) is 0 Å². The average Bonchev–Trinajstić information content (AvgIpc) is 3.18. The molecule has 7 nitrogen and oxygen atoms in total. The number of rotatable bonds is 6. The topological polar surface area (TPSA) is 63.3 Å². The minimum absolute atomic E-state index is 0.0378. The van der Waals surface area contributed by atoms with Crippen molar-refractivity contribution in [3.8, 4) is 17.2 Å². The molecule has 1 atom stereocenters. The molecule has 3 rings (SSSR count). The van der Waals surface area contributed by atoms with E-state index in [1.807, 2.05) is 0 Å². The Labute approximate surface area is 157 Å². The van der Waals surface area contributed by atoms with E-state index in [9.17, 15) is 13.6 Å². The Hall–Kier alpha value is -2.13. The minimum Gasteiger partial charge on any atom is -0.493 e. The van der Waals surface area contributed by atoms with Gasteiger partial charge in [0.05, 0.1) is 14.2 Å². The van der Waals surface area contributed by atoms with Crippen LogP contribution in [0.1, 0.15) is 16.8 Å². The summed E-state index contributed by atoms with van der Waals surface area (Å²) in [4.78, 5) is 17.1. The standard InChI is InChI=1S/C18H25F2N3O4/c1-25-14-9-12(10-15(26-2)16(14)27-18(19)20)17(24)23-6-3-13(11-23)22-7-4-21-5-8-22/h9-10,13,18,21H,3-8,11H2,1-2H3. The van der Waals surface area contributed by atoms with Gasteiger partial charge in [0, 0.05) is 50.9 Å². The number of carbonyl (C=O) groups excluding carboxylic acids is 1. The third-order valence-electron chi connectivity index (χ3n) is 5.03. The zero-order valence-electron chi connectivity index (χ0n) is 15.5. The molecule has 1 unspecified atom stereocenters. The summed E-state index contributed by atoms with van der Waals surface area (Å²) >= 11 is 0. The summed E-state index contributed by atoms with van der Waals surface area (Å²) in [5.41, 5.74) is 0.325. The molecule has 0 saturated carbocycles. The van der Waals surface area contributed by atoms with Crippen molar-refractivity contribution < 1.29 is 27.8 Å². The third kappa shape index (κ3) is 4.41. The molecule has 2 fully saturated rings. The highest BCUT2D eigenvalue weighted by atomic mass is 19.3. The maximum atomic E-state index is 12.9. The van der Waals surface area contributed by atoms with Gasteiger partial charge in [0.2, 0.25) is 5.75 Å². The Morgan fingerprint density at radius 3 is 2.33 bits per heavy atom. The maximum Gasteiger partial charge on any atom is 0.387 e. The minimum atomic E-state index is -3.02. The molecule has 2 heterocycles. The molecule has 1 N–H and O–H groups in total. The van der Waals surface area contributed by atoms with E-state index in [4.69, 9.17) is 9.47 Å². The Morgan fingerprint density at radius 2 is 1.78 bits per heavy atom. The number of alkyl halides is 2. The van der Waals surface area contributed by atoms with Crippen LogP contribution < -0.4 is 19.5 Å². The van der Waals surface area contributed by atoms with E-state index in [2.05, 4.69) is 15.0 Å². The fourth-order valence-corrected chi connectivity index (χ4v) is 3.66. The number of halogens is 2. The fourth-order valence-electron chi connectivity index (χ4n) is 3.66. The van der Waals surface area contributed by atoms with E-state index >= 15 is 0 Å². The summed E-state index contributed by atoms with van der Waals surface area (Å²) in [5.74, 6) is -0.314. The van der Waals surface area contributed by atoms with Crippen molar-refractivity contribution in [1.82, 2.24) is 15.1 Å². The lowest BCUT2D eigenvalue weighted by atomic mass is 10.1. The number of hydrogen-bond acceptors (Lipinski definition) is 6. The number of nitrogens with zero attached hydrogens (tertiary/aromatic N) is 2. The van der Waals surface area contributed by atoms with E-state index in [1.54, 1.807) is 4.90 Å². The second-order valence-electron chi connectivity index (χ2n) is 6.57. The first-order valence-electron chi connectivity index (χ1n) is 8.98. The van der Waals surface area contributed by atoms with Crippen LogP contribution in [0.3, 0.4) is 0 Å². The summed E-state index contributed by atoms with van der Waals surface area (Å²) < 4.78 is 40.1. The first kappa shape index (κ1) is 19.6. The van der Waals surface area contributed by atoms with E-state index < -0.39 is 6.61 Å². The molecular weight excluding hydrogens is 360 g/mol. The van der Waals surface area contributed by atoms with Crippen LogP contribution in [-0.4, -0.2) is 81.8 Å². The lowest BCUT2D eigenvalue weighted by molar-refractivity contribution is -0.0526. The highest BCUT2D eigenvalue weighted by molar-refractivity contribution is 5.96. The molecule has 1 amide bonds. The predicted octanol–water partition coefficient (Wildman–Crippen LogP) is 1.42. The predicted molar refractivity (Wildman–Crippen MR) is 94.9 cm³/mol. The first-order chi connectivity index (χ1) is 13.0. The van der Waals surface area contributed by atoms with Crippen molar-refractivity contribution in [3.63, 3.8) is 0 Å². The maximum absolute atomic E-state index is 12.9. The number of carbonyl (C=O) groups is 1. The molecule has 0 aliphatic carbocycles. The SMILES string of the molecule is COc1cc(C(=O)N2CCC(N3CCNCC3)C2)cc(OC)c1OC(F)F. The zero-order chi connectivity index (χ0) is 19.4. The molecule has 0 aromatic heterocycles. The highest BCUT2D eigenvalue weighted by Gasteiger charge is 2.32. The van der Waals surface area contributed by atoms with Crippen molar-refractivity contribution in [2.45, 2.75) is 19.1 Å². The molecule has 0 bridgehead atoms. The summed E-state index contributed by atoms with van der Waals surface area (Å²) in [6.07, 6.45) is 0.923. The van der Waals surface area contributed by atoms with Crippen LogP contribution in [0, 0.1) is 0 Å². The Morgan fingerprint density at radius 1 is 1.15 bits per heavy atom. The lowest BCUT2D eigenvalue weighted by Gasteiger charge is -2.32. The number of ether oxygens (including phenoxy) is 3. The van der Waals surface area contributed by atoms with Gasteiger partial charge in [-0.3, -0.25) is 9.69 Å². The molecule has 150 valence electrons. The van der Waals surface area contributed by atoms with Crippen molar-refractivity contribution in [3.05, 3.63) is 17.7 Å². The van der Waals surface area contributed by atoms with Crippen LogP contribution >= 0.6 is 0 Å². The normalized spacial score (nSPS) is 20.8. The number of methoxy groups -OCH3 is 2. The van der Waals surface area contributed by atoms with Gasteiger partial charge in [0.1, 0.15) is 0 Å². The van der Waals surface area contributed by atoms with Gasteiger partial charge in [0.25, 0.3) is 5.91 Å². The van der Waals surface area contributed by atoms with Gasteiger partial charge < -0.3 is 24.4 Å². The van der Waals surface area contributed by atoms with E-state index in [-0.39, 0.29) is 23.2 Å². The largest absolute Gasteiger partial charge is 0.493 e. The number of hydrogen-bond donors (Lipinski definition) is 1. The monoisotopic (exact) mass is 385 g/mol. The van der Waals surface area contributed by atoms with Gasteiger partial charge in [-0.25, -0.2) is 0 Å². The Kier molecular flexibility index (Phi) is 6.33. The number of piperazine rings is 1. The van der Waals surface area contributed by atoms with Gasteiger partial charge in [-0.1, -0.05) is 0 Å². The lowest BCUT2D eigenvalue weighted by Crippen LogP contribution is -2.49. The van der Waals surface area contributed by atoms with Crippen LogP contribution in [0.2, 0.25) is 0 Å². The summed E-state index contributed by atoms with van der Waals surface area (Å²) in [5, 5.41) is 3.33. The molecule has 27 heavy (non-hydrogen) atoms. The molecule has 0 radical (unpaired) electrons. The number of benzene rings is 1. The number of amides is 1. The van der Waals surface area contributed by atoms with Crippen LogP contribution in [-0.2, 0) is 0 Å². The second kappa shape index (κ2) is 8.71. The molecule has 1 aromatic rings. The Balaban J connectivity index is 1.76.